The van der Waals surface area contributed by atoms with Crippen molar-refractivity contribution in [1.82, 2.24) is 19.4 Å². The van der Waals surface area contributed by atoms with Gasteiger partial charge in [-0.25, -0.2) is 0 Å². The summed E-state index contributed by atoms with van der Waals surface area (Å²) in [6.45, 7) is 6.67. The van der Waals surface area contributed by atoms with Gasteiger partial charge in [-0.05, 0) is 51.3 Å². The molecule has 1 saturated carbocycles. The molecule has 0 bridgehead atoms. The molecule has 3 heterocycles. The van der Waals surface area contributed by atoms with E-state index in [2.05, 4.69) is 23.4 Å². The van der Waals surface area contributed by atoms with Crippen LogP contribution in [-0.2, 0) is 0 Å². The standard InChI is InChI=1S/C20H26N4O2/c1-14-13-17(15(2)24(14)16-6-7-16)19(25)22-9-4-10-23(12-11-22)20(26)18-5-3-8-21-18/h3,5,8,13,16,21H,4,6-7,9-12H2,1-2H3. The summed E-state index contributed by atoms with van der Waals surface area (Å²) in [6.07, 6.45) is 4.99. The largest absolute Gasteiger partial charge is 0.357 e. The Balaban J connectivity index is 1.46. The minimum Gasteiger partial charge on any atom is -0.357 e. The third-order valence-electron chi connectivity index (χ3n) is 5.53. The van der Waals surface area contributed by atoms with Crippen molar-refractivity contribution in [3.05, 3.63) is 47.0 Å². The summed E-state index contributed by atoms with van der Waals surface area (Å²) in [5.74, 6) is 0.107. The van der Waals surface area contributed by atoms with Crippen LogP contribution in [0.15, 0.2) is 24.4 Å². The molecule has 1 aliphatic carbocycles. The highest BCUT2D eigenvalue weighted by atomic mass is 16.2. The molecule has 1 saturated heterocycles. The number of amides is 2. The minimum absolute atomic E-state index is 0.0104. The second kappa shape index (κ2) is 6.67. The predicted octanol–water partition coefficient (Wildman–Crippen LogP) is 2.76. The summed E-state index contributed by atoms with van der Waals surface area (Å²) >= 11 is 0. The van der Waals surface area contributed by atoms with Gasteiger partial charge in [0, 0.05) is 49.8 Å². The molecule has 6 heteroatoms. The number of H-pyrrole nitrogens is 1. The molecule has 6 nitrogen and oxygen atoms in total. The van der Waals surface area contributed by atoms with Gasteiger partial charge in [0.05, 0.1) is 5.56 Å². The summed E-state index contributed by atoms with van der Waals surface area (Å²) in [6, 6.07) is 6.23. The van der Waals surface area contributed by atoms with Crippen LogP contribution in [0.1, 0.15) is 57.5 Å². The molecule has 2 aromatic rings. The van der Waals surface area contributed by atoms with Crippen LogP contribution in [0.5, 0.6) is 0 Å². The zero-order valence-corrected chi connectivity index (χ0v) is 15.5. The zero-order valence-electron chi connectivity index (χ0n) is 15.5. The third kappa shape index (κ3) is 3.04. The van der Waals surface area contributed by atoms with Crippen LogP contribution in [0.3, 0.4) is 0 Å². The Morgan fingerprint density at radius 2 is 1.73 bits per heavy atom. The Morgan fingerprint density at radius 1 is 1.04 bits per heavy atom. The molecule has 0 spiro atoms. The van der Waals surface area contributed by atoms with E-state index < -0.39 is 0 Å². The molecular formula is C20H26N4O2. The van der Waals surface area contributed by atoms with Crippen LogP contribution >= 0.6 is 0 Å². The Bertz CT molecular complexity index is 817. The van der Waals surface area contributed by atoms with Gasteiger partial charge in [0.25, 0.3) is 11.8 Å². The number of carbonyl (C=O) groups excluding carboxylic acids is 2. The zero-order chi connectivity index (χ0) is 18.3. The second-order valence-corrected chi connectivity index (χ2v) is 7.41. The van der Waals surface area contributed by atoms with Gasteiger partial charge in [-0.15, -0.1) is 0 Å². The van der Waals surface area contributed by atoms with E-state index >= 15 is 0 Å². The first-order chi connectivity index (χ1) is 12.6. The van der Waals surface area contributed by atoms with E-state index in [1.54, 1.807) is 12.3 Å². The van der Waals surface area contributed by atoms with Gasteiger partial charge in [0.1, 0.15) is 5.69 Å². The number of aromatic nitrogens is 2. The molecule has 2 fully saturated rings. The van der Waals surface area contributed by atoms with Crippen molar-refractivity contribution in [1.29, 1.82) is 0 Å². The summed E-state index contributed by atoms with van der Waals surface area (Å²) < 4.78 is 2.31. The smallest absolute Gasteiger partial charge is 0.270 e. The molecule has 1 aliphatic heterocycles. The molecule has 26 heavy (non-hydrogen) atoms. The maximum absolute atomic E-state index is 13.1. The average Bonchev–Trinajstić information content (AvgIpc) is 3.29. The van der Waals surface area contributed by atoms with E-state index in [4.69, 9.17) is 0 Å². The molecule has 2 amide bonds. The monoisotopic (exact) mass is 354 g/mol. The molecule has 2 aromatic heterocycles. The van der Waals surface area contributed by atoms with E-state index in [9.17, 15) is 9.59 Å². The van der Waals surface area contributed by atoms with Gasteiger partial charge in [-0.3, -0.25) is 9.59 Å². The van der Waals surface area contributed by atoms with Crippen LogP contribution < -0.4 is 0 Å². The van der Waals surface area contributed by atoms with Crippen molar-refractivity contribution in [3.8, 4) is 0 Å². The number of aryl methyl sites for hydroxylation is 1. The highest BCUT2D eigenvalue weighted by Crippen LogP contribution is 2.38. The van der Waals surface area contributed by atoms with Gasteiger partial charge in [0.15, 0.2) is 0 Å². The van der Waals surface area contributed by atoms with Crippen LogP contribution in [-0.4, -0.2) is 57.3 Å². The molecule has 0 unspecified atom stereocenters. The summed E-state index contributed by atoms with van der Waals surface area (Å²) in [4.78, 5) is 32.3. The van der Waals surface area contributed by atoms with Crippen LogP contribution in [0.25, 0.3) is 0 Å². The number of carbonyl (C=O) groups is 2. The minimum atomic E-state index is 0.0104. The molecule has 2 aliphatic rings. The molecule has 4 rings (SSSR count). The van der Waals surface area contributed by atoms with Gasteiger partial charge in [-0.2, -0.15) is 0 Å². The van der Waals surface area contributed by atoms with E-state index in [1.165, 1.54) is 18.5 Å². The number of hydrogen-bond donors (Lipinski definition) is 1. The normalized spacial score (nSPS) is 18.1. The lowest BCUT2D eigenvalue weighted by molar-refractivity contribution is 0.0715. The molecular weight excluding hydrogens is 328 g/mol. The Morgan fingerprint density at radius 3 is 2.35 bits per heavy atom. The number of rotatable bonds is 3. The van der Waals surface area contributed by atoms with E-state index in [0.29, 0.717) is 37.9 Å². The second-order valence-electron chi connectivity index (χ2n) is 7.41. The van der Waals surface area contributed by atoms with Crippen molar-refractivity contribution in [3.63, 3.8) is 0 Å². The van der Waals surface area contributed by atoms with E-state index in [-0.39, 0.29) is 11.8 Å². The lowest BCUT2D eigenvalue weighted by Gasteiger charge is -2.22. The topological polar surface area (TPSA) is 61.3 Å². The van der Waals surface area contributed by atoms with Crippen LogP contribution in [0.4, 0.5) is 0 Å². The lowest BCUT2D eigenvalue weighted by Crippen LogP contribution is -2.37. The van der Waals surface area contributed by atoms with Crippen molar-refractivity contribution in [2.45, 2.75) is 39.2 Å². The SMILES string of the molecule is Cc1cc(C(=O)N2CCCN(C(=O)c3ccc[nH]3)CC2)c(C)n1C1CC1. The van der Waals surface area contributed by atoms with Gasteiger partial charge >= 0.3 is 0 Å². The molecule has 0 aromatic carbocycles. The first-order valence-corrected chi connectivity index (χ1v) is 9.46. The van der Waals surface area contributed by atoms with Crippen molar-refractivity contribution >= 4 is 11.8 Å². The highest BCUT2D eigenvalue weighted by molar-refractivity contribution is 5.96. The number of nitrogens with one attached hydrogen (secondary N) is 1. The summed E-state index contributed by atoms with van der Waals surface area (Å²) in [5, 5.41) is 0. The van der Waals surface area contributed by atoms with Gasteiger partial charge in [0.2, 0.25) is 0 Å². The maximum atomic E-state index is 13.1. The molecule has 1 N–H and O–H groups in total. The van der Waals surface area contributed by atoms with Crippen molar-refractivity contribution in [2.75, 3.05) is 26.2 Å². The fourth-order valence-corrected chi connectivity index (χ4v) is 4.02. The Labute approximate surface area is 153 Å². The van der Waals surface area contributed by atoms with Gasteiger partial charge in [-0.1, -0.05) is 0 Å². The quantitative estimate of drug-likeness (QED) is 0.921. The van der Waals surface area contributed by atoms with Gasteiger partial charge < -0.3 is 19.4 Å². The highest BCUT2D eigenvalue weighted by Gasteiger charge is 2.30. The third-order valence-corrected chi connectivity index (χ3v) is 5.53. The first-order valence-electron chi connectivity index (χ1n) is 9.46. The van der Waals surface area contributed by atoms with Crippen molar-refractivity contribution < 1.29 is 9.59 Å². The number of hydrogen-bond acceptors (Lipinski definition) is 2. The summed E-state index contributed by atoms with van der Waals surface area (Å²) in [7, 11) is 0. The fourth-order valence-electron chi connectivity index (χ4n) is 4.02. The predicted molar refractivity (Wildman–Crippen MR) is 99.4 cm³/mol. The Kier molecular flexibility index (Phi) is 4.34. The lowest BCUT2D eigenvalue weighted by atomic mass is 10.2. The first kappa shape index (κ1) is 16.9. The summed E-state index contributed by atoms with van der Waals surface area (Å²) in [5.41, 5.74) is 3.68. The average molecular weight is 354 g/mol. The fraction of sp³-hybridized carbons (Fsp3) is 0.500. The molecule has 138 valence electrons. The van der Waals surface area contributed by atoms with Crippen LogP contribution in [0, 0.1) is 13.8 Å². The van der Waals surface area contributed by atoms with E-state index in [1.807, 2.05) is 21.9 Å². The van der Waals surface area contributed by atoms with Crippen LogP contribution in [0.2, 0.25) is 0 Å². The Hall–Kier alpha value is -2.50. The van der Waals surface area contributed by atoms with Crippen molar-refractivity contribution in [2.24, 2.45) is 0 Å². The molecule has 0 atom stereocenters. The number of nitrogens with zero attached hydrogens (tertiary/aromatic N) is 3. The van der Waals surface area contributed by atoms with E-state index in [0.717, 1.165) is 17.7 Å². The molecule has 0 radical (unpaired) electrons. The maximum Gasteiger partial charge on any atom is 0.270 e. The number of aromatic amines is 1.